The number of carbonyl (C=O) groups is 1. The topological polar surface area (TPSA) is 41.5 Å². The molecular weight excluding hydrogens is 502 g/mol. The van der Waals surface area contributed by atoms with Crippen LogP contribution in [-0.2, 0) is 4.79 Å². The molecule has 1 heterocycles. The summed E-state index contributed by atoms with van der Waals surface area (Å²) in [4.78, 5) is 17.2. The Morgan fingerprint density at radius 2 is 1.15 bits per heavy atom. The maximum absolute atomic E-state index is 12.4. The molecule has 4 heteroatoms. The summed E-state index contributed by atoms with van der Waals surface area (Å²) in [7, 11) is 2.31. The van der Waals surface area contributed by atoms with Gasteiger partial charge in [-0.2, -0.15) is 0 Å². The van der Waals surface area contributed by atoms with Crippen LogP contribution in [0.25, 0.3) is 0 Å². The van der Waals surface area contributed by atoms with Gasteiger partial charge in [0.15, 0.2) is 5.84 Å². The Morgan fingerprint density at radius 3 is 1.68 bits per heavy atom. The number of rotatable bonds is 29. The molecule has 0 fully saturated rings. The Morgan fingerprint density at radius 1 is 0.683 bits per heavy atom. The van der Waals surface area contributed by atoms with E-state index >= 15 is 0 Å². The lowest BCUT2D eigenvalue weighted by molar-refractivity contribution is -0.814. The van der Waals surface area contributed by atoms with Gasteiger partial charge in [-0.05, 0) is 64.2 Å². The molecule has 1 N–H and O–H groups in total. The number of hydrogen-bond donors (Lipinski definition) is 1. The third-order valence-corrected chi connectivity index (χ3v) is 8.77. The van der Waals surface area contributed by atoms with Gasteiger partial charge in [-0.15, -0.1) is 0 Å². The Kier molecular flexibility index (Phi) is 25.1. The van der Waals surface area contributed by atoms with Gasteiger partial charge in [0.1, 0.15) is 13.1 Å². The highest BCUT2D eigenvalue weighted by Gasteiger charge is 2.32. The molecule has 0 aromatic carbocycles. The molecule has 0 bridgehead atoms. The fourth-order valence-corrected chi connectivity index (χ4v) is 5.82. The lowest BCUT2D eigenvalue weighted by Crippen LogP contribution is -2.51. The monoisotopic (exact) mass is 573 g/mol. The van der Waals surface area contributed by atoms with Crippen molar-refractivity contribution in [3.05, 3.63) is 24.3 Å². The van der Waals surface area contributed by atoms with Gasteiger partial charge >= 0.3 is 0 Å². The highest BCUT2D eigenvalue weighted by Crippen LogP contribution is 2.18. The summed E-state index contributed by atoms with van der Waals surface area (Å²) in [5.41, 5.74) is 0. The Bertz CT molecular complexity index is 698. The predicted molar refractivity (Wildman–Crippen MR) is 182 cm³/mol. The van der Waals surface area contributed by atoms with Crippen molar-refractivity contribution >= 4 is 11.7 Å². The van der Waals surface area contributed by atoms with Crippen LogP contribution in [0.15, 0.2) is 29.3 Å². The number of carbonyl (C=O) groups excluding carboxylic acids is 1. The van der Waals surface area contributed by atoms with Crippen molar-refractivity contribution in [2.75, 3.05) is 33.2 Å². The lowest BCUT2D eigenvalue weighted by atomic mass is 10.1. The van der Waals surface area contributed by atoms with E-state index in [1.54, 1.807) is 0 Å². The van der Waals surface area contributed by atoms with Gasteiger partial charge in [-0.1, -0.05) is 115 Å². The molecule has 238 valence electrons. The number of allylic oxidation sites excluding steroid dienone is 4. The SMILES string of the molecule is CCCCCC/C=C\CCCCCCCC(=O)NCC[N+]1(C)CCN=C1CCCCCCC/C=C\CCCCCC. The third-order valence-electron chi connectivity index (χ3n) is 8.77. The Labute approximate surface area is 256 Å². The molecule has 4 nitrogen and oxygen atoms in total. The molecule has 0 aliphatic carbocycles. The second-order valence-corrected chi connectivity index (χ2v) is 12.7. The largest absolute Gasteiger partial charge is 0.350 e. The second-order valence-electron chi connectivity index (χ2n) is 12.7. The lowest BCUT2D eigenvalue weighted by Gasteiger charge is -2.30. The summed E-state index contributed by atoms with van der Waals surface area (Å²) in [6.45, 7) is 8.32. The van der Waals surface area contributed by atoms with Gasteiger partial charge < -0.3 is 5.32 Å². The van der Waals surface area contributed by atoms with Crippen LogP contribution in [0.4, 0.5) is 0 Å². The molecule has 0 aromatic heterocycles. The van der Waals surface area contributed by atoms with Crippen LogP contribution in [-0.4, -0.2) is 49.5 Å². The van der Waals surface area contributed by atoms with Crippen LogP contribution >= 0.6 is 0 Å². The maximum Gasteiger partial charge on any atom is 0.220 e. The zero-order valence-electron chi connectivity index (χ0n) is 27.9. The van der Waals surface area contributed by atoms with Gasteiger partial charge in [-0.25, -0.2) is 4.99 Å². The number of unbranched alkanes of at least 4 members (excludes halogenated alkanes) is 18. The van der Waals surface area contributed by atoms with Crippen LogP contribution in [0.2, 0.25) is 0 Å². The standard InChI is InChI=1S/C37H69N3O/c1-4-6-8-10-12-14-16-18-20-22-24-26-28-30-36-38-32-34-40(36,3)35-33-39-37(41)31-29-27-25-23-21-19-17-15-13-11-9-7-5-2/h14-17H,4-13,18-35H2,1-3H3/p+1/b16-14-,17-15-. The fraction of sp³-hybridized carbons (Fsp3) is 0.838. The van der Waals surface area contributed by atoms with Crippen molar-refractivity contribution in [3.8, 4) is 0 Å². The highest BCUT2D eigenvalue weighted by atomic mass is 16.1. The van der Waals surface area contributed by atoms with Crippen LogP contribution in [0.1, 0.15) is 168 Å². The van der Waals surface area contributed by atoms with E-state index in [-0.39, 0.29) is 5.91 Å². The molecule has 1 aliphatic heterocycles. The minimum atomic E-state index is 0.228. The van der Waals surface area contributed by atoms with E-state index in [9.17, 15) is 4.79 Å². The fourth-order valence-electron chi connectivity index (χ4n) is 5.82. The van der Waals surface area contributed by atoms with Crippen LogP contribution in [0.3, 0.4) is 0 Å². The molecule has 0 saturated carbocycles. The summed E-state index contributed by atoms with van der Waals surface area (Å²) in [5.74, 6) is 1.59. The van der Waals surface area contributed by atoms with Crippen LogP contribution in [0, 0.1) is 0 Å². The zero-order valence-corrected chi connectivity index (χ0v) is 27.9. The van der Waals surface area contributed by atoms with E-state index in [0.29, 0.717) is 6.42 Å². The molecule has 0 aromatic rings. The zero-order chi connectivity index (χ0) is 29.7. The maximum atomic E-state index is 12.4. The molecule has 1 rings (SSSR count). The number of amidine groups is 1. The molecule has 1 unspecified atom stereocenters. The second kappa shape index (κ2) is 27.4. The number of nitrogens with one attached hydrogen (secondary N) is 1. The van der Waals surface area contributed by atoms with Crippen molar-refractivity contribution in [1.82, 2.24) is 5.32 Å². The van der Waals surface area contributed by atoms with Gasteiger partial charge in [0.25, 0.3) is 0 Å². The summed E-state index contributed by atoms with van der Waals surface area (Å²) >= 11 is 0. The number of hydrogen-bond acceptors (Lipinski definition) is 2. The van der Waals surface area contributed by atoms with Crippen molar-refractivity contribution < 1.29 is 9.28 Å². The van der Waals surface area contributed by atoms with E-state index in [0.717, 1.165) is 43.5 Å². The Hall–Kier alpha value is -1.42. The first-order valence-corrected chi connectivity index (χ1v) is 18.1. The summed E-state index contributed by atoms with van der Waals surface area (Å²) in [6, 6.07) is 0. The normalized spacial score (nSPS) is 17.2. The van der Waals surface area contributed by atoms with Crippen LogP contribution < -0.4 is 5.32 Å². The average molecular weight is 573 g/mol. The molecule has 0 saturated heterocycles. The predicted octanol–water partition coefficient (Wildman–Crippen LogP) is 10.5. The van der Waals surface area contributed by atoms with E-state index in [1.165, 1.54) is 141 Å². The summed E-state index contributed by atoms with van der Waals surface area (Å²) in [5, 5.41) is 3.19. The number of likely N-dealkylation sites (N-methyl/N-ethyl adjacent to an activating group) is 1. The molecule has 0 spiro atoms. The van der Waals surface area contributed by atoms with Crippen molar-refractivity contribution in [1.29, 1.82) is 0 Å². The van der Waals surface area contributed by atoms with Gasteiger partial charge in [0, 0.05) is 12.8 Å². The van der Waals surface area contributed by atoms with E-state index in [2.05, 4.69) is 50.5 Å². The van der Waals surface area contributed by atoms with Gasteiger partial charge in [0.2, 0.25) is 5.91 Å². The first kappa shape index (κ1) is 37.6. The number of amides is 1. The molecule has 1 atom stereocenters. The van der Waals surface area contributed by atoms with Crippen molar-refractivity contribution in [2.24, 2.45) is 4.99 Å². The number of nitrogens with zero attached hydrogens (tertiary/aromatic N) is 2. The first-order chi connectivity index (χ1) is 20.1. The minimum absolute atomic E-state index is 0.228. The van der Waals surface area contributed by atoms with E-state index in [4.69, 9.17) is 4.99 Å². The number of aliphatic imine (C=N–C) groups is 1. The van der Waals surface area contributed by atoms with Crippen molar-refractivity contribution in [2.45, 2.75) is 168 Å². The van der Waals surface area contributed by atoms with Crippen molar-refractivity contribution in [3.63, 3.8) is 0 Å². The molecule has 1 aliphatic rings. The molecular formula is C37H70N3O+. The summed E-state index contributed by atoms with van der Waals surface area (Å²) in [6.07, 6.45) is 39.8. The van der Waals surface area contributed by atoms with Gasteiger partial charge in [0.05, 0.1) is 20.1 Å². The highest BCUT2D eigenvalue weighted by molar-refractivity contribution is 5.77. The Balaban J connectivity index is 1.98. The molecule has 0 radical (unpaired) electrons. The molecule has 41 heavy (non-hydrogen) atoms. The van der Waals surface area contributed by atoms with Crippen LogP contribution in [0.5, 0.6) is 0 Å². The quantitative estimate of drug-likeness (QED) is 0.0540. The molecule has 1 amide bonds. The third kappa shape index (κ3) is 21.9. The smallest absolute Gasteiger partial charge is 0.220 e. The summed E-state index contributed by atoms with van der Waals surface area (Å²) < 4.78 is 0.927. The minimum Gasteiger partial charge on any atom is -0.350 e. The average Bonchev–Trinajstić information content (AvgIpc) is 3.33. The first-order valence-electron chi connectivity index (χ1n) is 18.1. The van der Waals surface area contributed by atoms with E-state index in [1.807, 2.05) is 0 Å². The van der Waals surface area contributed by atoms with Gasteiger partial charge in [-0.3, -0.25) is 9.28 Å². The van der Waals surface area contributed by atoms with E-state index < -0.39 is 0 Å². The number of quaternary nitrogens is 1.